The van der Waals surface area contributed by atoms with Gasteiger partial charge in [-0.15, -0.1) is 0 Å². The second kappa shape index (κ2) is 6.52. The fourth-order valence-corrected chi connectivity index (χ4v) is 2.76. The predicted octanol–water partition coefficient (Wildman–Crippen LogP) is 1.44. The van der Waals surface area contributed by atoms with Crippen LogP contribution in [0.25, 0.3) is 5.69 Å². The van der Waals surface area contributed by atoms with Crippen LogP contribution in [0.3, 0.4) is 0 Å². The van der Waals surface area contributed by atoms with Crippen LogP contribution in [0.15, 0.2) is 35.3 Å². The molecule has 25 heavy (non-hydrogen) atoms. The summed E-state index contributed by atoms with van der Waals surface area (Å²) in [6, 6.07) is 4.92. The van der Waals surface area contributed by atoms with Crippen LogP contribution in [-0.4, -0.2) is 45.1 Å². The Labute approximate surface area is 147 Å². The lowest BCUT2D eigenvalue weighted by molar-refractivity contribution is -0.384. The molecule has 1 amide bonds. The summed E-state index contributed by atoms with van der Waals surface area (Å²) in [5.41, 5.74) is -0.0522. The highest BCUT2D eigenvalue weighted by Gasteiger charge is 2.29. The number of hydrogen-bond donors (Lipinski definition) is 1. The van der Waals surface area contributed by atoms with Crippen molar-refractivity contribution in [3.8, 4) is 5.69 Å². The minimum atomic E-state index is -0.584. The van der Waals surface area contributed by atoms with E-state index in [1.54, 1.807) is 11.9 Å². The molecule has 1 fully saturated rings. The lowest BCUT2D eigenvalue weighted by Crippen LogP contribution is -2.32. The maximum absolute atomic E-state index is 12.4. The molecule has 10 heteroatoms. The number of rotatable bonds is 4. The third-order valence-electron chi connectivity index (χ3n) is 3.98. The summed E-state index contributed by atoms with van der Waals surface area (Å²) in [5.74, 6) is -0.0735. The Bertz CT molecular complexity index is 896. The molecule has 1 atom stereocenters. The minimum Gasteiger partial charge on any atom is -0.371 e. The van der Waals surface area contributed by atoms with Crippen LogP contribution in [0.4, 0.5) is 11.4 Å². The molecule has 0 aliphatic carbocycles. The molecule has 0 radical (unpaired) electrons. The molecule has 1 aromatic carbocycles. The van der Waals surface area contributed by atoms with Gasteiger partial charge in [0.2, 0.25) is 5.91 Å². The summed E-state index contributed by atoms with van der Waals surface area (Å²) in [7, 11) is 1.70. The van der Waals surface area contributed by atoms with E-state index >= 15 is 0 Å². The van der Waals surface area contributed by atoms with Crippen LogP contribution in [0, 0.1) is 10.1 Å². The number of anilines is 1. The van der Waals surface area contributed by atoms with Crippen molar-refractivity contribution in [1.29, 1.82) is 0 Å². The highest BCUT2D eigenvalue weighted by Crippen LogP contribution is 2.21. The SMILES string of the molecule is CN1CCC(Nc2cnn(-c3ccc([N+](=O)[O-])cc3)c(=O)c2Cl)C1=O. The zero-order chi connectivity index (χ0) is 18.1. The maximum atomic E-state index is 12.4. The molecule has 1 unspecified atom stereocenters. The number of aromatic nitrogens is 2. The molecule has 9 nitrogen and oxygen atoms in total. The molecule has 1 saturated heterocycles. The molecule has 1 aromatic heterocycles. The third kappa shape index (κ3) is 3.18. The standard InChI is InChI=1S/C15H14ClN5O4/c1-19-7-6-11(14(19)22)18-12-8-17-20(15(23)13(12)16)9-2-4-10(5-3-9)21(24)25/h2-5,8,11,18H,6-7H2,1H3. The number of nitro benzene ring substituents is 1. The summed E-state index contributed by atoms with van der Waals surface area (Å²) in [4.78, 5) is 36.1. The number of likely N-dealkylation sites (tertiary alicyclic amines) is 1. The van der Waals surface area contributed by atoms with Gasteiger partial charge in [0.05, 0.1) is 22.5 Å². The Morgan fingerprint density at radius 1 is 1.32 bits per heavy atom. The van der Waals surface area contributed by atoms with E-state index in [9.17, 15) is 19.7 Å². The van der Waals surface area contributed by atoms with Gasteiger partial charge in [0.25, 0.3) is 11.2 Å². The molecule has 2 aromatic rings. The van der Waals surface area contributed by atoms with Gasteiger partial charge in [0.15, 0.2) is 0 Å². The molecule has 1 N–H and O–H groups in total. The Balaban J connectivity index is 1.89. The Hall–Kier alpha value is -2.94. The van der Waals surface area contributed by atoms with Crippen molar-refractivity contribution in [2.75, 3.05) is 18.9 Å². The number of hydrogen-bond acceptors (Lipinski definition) is 6. The first kappa shape index (κ1) is 16.9. The van der Waals surface area contributed by atoms with Crippen LogP contribution >= 0.6 is 11.6 Å². The number of nitrogens with one attached hydrogen (secondary N) is 1. The van der Waals surface area contributed by atoms with E-state index in [0.717, 1.165) is 4.68 Å². The fraction of sp³-hybridized carbons (Fsp3) is 0.267. The number of non-ortho nitro benzene ring substituents is 1. The van der Waals surface area contributed by atoms with Crippen molar-refractivity contribution in [3.05, 3.63) is 56.0 Å². The fourth-order valence-electron chi connectivity index (χ4n) is 2.58. The number of halogens is 1. The van der Waals surface area contributed by atoms with E-state index in [-0.39, 0.29) is 22.3 Å². The van der Waals surface area contributed by atoms with Crippen molar-refractivity contribution in [2.45, 2.75) is 12.5 Å². The van der Waals surface area contributed by atoms with Gasteiger partial charge in [-0.05, 0) is 18.6 Å². The molecule has 3 rings (SSSR count). The quantitative estimate of drug-likeness (QED) is 0.650. The van der Waals surface area contributed by atoms with Gasteiger partial charge < -0.3 is 10.2 Å². The van der Waals surface area contributed by atoms with Crippen LogP contribution in [-0.2, 0) is 4.79 Å². The summed E-state index contributed by atoms with van der Waals surface area (Å²) in [6.45, 7) is 0.626. The van der Waals surface area contributed by atoms with Gasteiger partial charge in [-0.25, -0.2) is 0 Å². The van der Waals surface area contributed by atoms with Crippen molar-refractivity contribution < 1.29 is 9.72 Å². The van der Waals surface area contributed by atoms with Gasteiger partial charge in [-0.1, -0.05) is 11.6 Å². The minimum absolute atomic E-state index is 0.0735. The lowest BCUT2D eigenvalue weighted by atomic mass is 10.2. The number of carbonyl (C=O) groups is 1. The largest absolute Gasteiger partial charge is 0.371 e. The van der Waals surface area contributed by atoms with E-state index in [1.807, 2.05) is 0 Å². The third-order valence-corrected chi connectivity index (χ3v) is 4.35. The Kier molecular flexibility index (Phi) is 4.41. The number of nitrogens with zero attached hydrogens (tertiary/aromatic N) is 4. The zero-order valence-electron chi connectivity index (χ0n) is 13.2. The van der Waals surface area contributed by atoms with E-state index in [4.69, 9.17) is 11.6 Å². The average Bonchev–Trinajstić information content (AvgIpc) is 2.91. The molecular weight excluding hydrogens is 350 g/mol. The summed E-state index contributed by atoms with van der Waals surface area (Å²) >= 11 is 6.12. The highest BCUT2D eigenvalue weighted by atomic mass is 35.5. The Morgan fingerprint density at radius 2 is 2.00 bits per heavy atom. The lowest BCUT2D eigenvalue weighted by Gasteiger charge is -2.15. The molecule has 2 heterocycles. The number of benzene rings is 1. The van der Waals surface area contributed by atoms with Gasteiger partial charge >= 0.3 is 0 Å². The first-order valence-corrected chi connectivity index (χ1v) is 7.80. The second-order valence-corrected chi connectivity index (χ2v) is 5.99. The van der Waals surface area contributed by atoms with E-state index in [0.29, 0.717) is 18.7 Å². The second-order valence-electron chi connectivity index (χ2n) is 5.61. The van der Waals surface area contributed by atoms with E-state index < -0.39 is 16.5 Å². The van der Waals surface area contributed by atoms with Crippen molar-refractivity contribution in [2.24, 2.45) is 0 Å². The number of carbonyl (C=O) groups excluding carboxylic acids is 1. The molecular formula is C15H14ClN5O4. The molecule has 0 saturated carbocycles. The normalized spacial score (nSPS) is 17.0. The Morgan fingerprint density at radius 3 is 2.56 bits per heavy atom. The topological polar surface area (TPSA) is 110 Å². The average molecular weight is 364 g/mol. The monoisotopic (exact) mass is 363 g/mol. The summed E-state index contributed by atoms with van der Waals surface area (Å²) in [5, 5.41) is 17.6. The summed E-state index contributed by atoms with van der Waals surface area (Å²) < 4.78 is 1.04. The first-order chi connectivity index (χ1) is 11.9. The van der Waals surface area contributed by atoms with Crippen LogP contribution in [0.1, 0.15) is 6.42 Å². The predicted molar refractivity (Wildman–Crippen MR) is 91.2 cm³/mol. The van der Waals surface area contributed by atoms with Crippen molar-refractivity contribution in [3.63, 3.8) is 0 Å². The smallest absolute Gasteiger partial charge is 0.292 e. The number of likely N-dealkylation sites (N-methyl/N-ethyl adjacent to an activating group) is 1. The molecule has 0 spiro atoms. The van der Waals surface area contributed by atoms with Crippen LogP contribution < -0.4 is 10.9 Å². The molecule has 1 aliphatic heterocycles. The molecule has 0 bridgehead atoms. The van der Waals surface area contributed by atoms with E-state index in [1.165, 1.54) is 30.5 Å². The van der Waals surface area contributed by atoms with Gasteiger partial charge in [0.1, 0.15) is 11.1 Å². The maximum Gasteiger partial charge on any atom is 0.292 e. The zero-order valence-corrected chi connectivity index (χ0v) is 13.9. The van der Waals surface area contributed by atoms with Crippen molar-refractivity contribution in [1.82, 2.24) is 14.7 Å². The van der Waals surface area contributed by atoms with Crippen LogP contribution in [0.2, 0.25) is 5.02 Å². The first-order valence-electron chi connectivity index (χ1n) is 7.42. The van der Waals surface area contributed by atoms with Crippen molar-refractivity contribution >= 4 is 28.9 Å². The van der Waals surface area contributed by atoms with Crippen LogP contribution in [0.5, 0.6) is 0 Å². The van der Waals surface area contributed by atoms with Gasteiger partial charge in [0, 0.05) is 25.7 Å². The number of amides is 1. The van der Waals surface area contributed by atoms with Gasteiger partial charge in [-0.3, -0.25) is 19.7 Å². The van der Waals surface area contributed by atoms with Gasteiger partial charge in [-0.2, -0.15) is 9.78 Å². The molecule has 1 aliphatic rings. The molecule has 130 valence electrons. The number of nitro groups is 1. The summed E-state index contributed by atoms with van der Waals surface area (Å²) in [6.07, 6.45) is 1.97. The van der Waals surface area contributed by atoms with E-state index in [2.05, 4.69) is 10.4 Å². The highest BCUT2D eigenvalue weighted by molar-refractivity contribution is 6.33.